The zero-order valence-electron chi connectivity index (χ0n) is 14.3. The van der Waals surface area contributed by atoms with Crippen LogP contribution in [0.3, 0.4) is 0 Å². The van der Waals surface area contributed by atoms with E-state index in [-0.39, 0.29) is 29.9 Å². The van der Waals surface area contributed by atoms with E-state index in [9.17, 15) is 13.2 Å². The first-order valence-electron chi connectivity index (χ1n) is 8.35. The zero-order valence-corrected chi connectivity index (χ0v) is 15.1. The van der Waals surface area contributed by atoms with Crippen LogP contribution < -0.4 is 4.72 Å². The second-order valence-corrected chi connectivity index (χ2v) is 7.57. The second kappa shape index (κ2) is 8.94. The Balaban J connectivity index is 2.04. The molecule has 8 heteroatoms. The summed E-state index contributed by atoms with van der Waals surface area (Å²) in [4.78, 5) is 14.4. The Labute approximate surface area is 148 Å². The second-order valence-electron chi connectivity index (χ2n) is 5.80. The van der Waals surface area contributed by atoms with E-state index in [2.05, 4.69) is 4.72 Å². The molecule has 1 amide bonds. The number of nitrogens with one attached hydrogen (secondary N) is 1. The maximum atomic E-state index is 12.6. The minimum absolute atomic E-state index is 0.0616. The molecule has 0 aliphatic carbocycles. The Morgan fingerprint density at radius 2 is 2.12 bits per heavy atom. The van der Waals surface area contributed by atoms with Gasteiger partial charge in [0.25, 0.3) is 5.91 Å². The van der Waals surface area contributed by atoms with Crippen LogP contribution in [0.15, 0.2) is 29.2 Å². The normalized spacial score (nSPS) is 17.9. The Bertz CT molecular complexity index is 723. The van der Waals surface area contributed by atoms with Crippen LogP contribution in [0.4, 0.5) is 0 Å². The van der Waals surface area contributed by atoms with Crippen LogP contribution in [0.1, 0.15) is 36.5 Å². The van der Waals surface area contributed by atoms with E-state index in [1.807, 2.05) is 13.0 Å². The molecule has 1 fully saturated rings. The van der Waals surface area contributed by atoms with Gasteiger partial charge < -0.3 is 9.64 Å². The number of rotatable bonds is 7. The lowest BCUT2D eigenvalue weighted by atomic mass is 10.1. The van der Waals surface area contributed by atoms with Crippen LogP contribution in [0.25, 0.3) is 0 Å². The molecule has 0 saturated carbocycles. The number of sulfonamides is 1. The smallest absolute Gasteiger partial charge is 0.253 e. The summed E-state index contributed by atoms with van der Waals surface area (Å²) < 4.78 is 32.1. The maximum Gasteiger partial charge on any atom is 0.253 e. The molecule has 0 aromatic heterocycles. The van der Waals surface area contributed by atoms with Crippen molar-refractivity contribution in [1.29, 1.82) is 5.26 Å². The van der Waals surface area contributed by atoms with Crippen molar-refractivity contribution >= 4 is 15.9 Å². The highest BCUT2D eigenvalue weighted by atomic mass is 32.2. The molecule has 136 valence electrons. The lowest BCUT2D eigenvalue weighted by Gasteiger charge is -2.32. The molecule has 1 atom stereocenters. The number of likely N-dealkylation sites (tertiary alicyclic amines) is 1. The minimum Gasteiger partial charge on any atom is -0.377 e. The van der Waals surface area contributed by atoms with Crippen molar-refractivity contribution in [2.75, 3.05) is 26.2 Å². The third-order valence-corrected chi connectivity index (χ3v) is 5.49. The number of nitrogens with zero attached hydrogens (tertiary/aromatic N) is 2. The molecule has 1 unspecified atom stereocenters. The van der Waals surface area contributed by atoms with Crippen LogP contribution in [0.2, 0.25) is 0 Å². The fraction of sp³-hybridized carbons (Fsp3) is 0.529. The van der Waals surface area contributed by atoms with Crippen molar-refractivity contribution in [2.45, 2.75) is 37.2 Å². The Morgan fingerprint density at radius 1 is 1.40 bits per heavy atom. The van der Waals surface area contributed by atoms with Crippen LogP contribution in [-0.4, -0.2) is 51.6 Å². The standard InChI is InChI=1S/C17H23N3O4S/c1-2-24-15-5-3-12-20(13-15)17(21)14-6-8-16(9-7-14)25(22,23)19-11-4-10-18/h6-9,15,19H,2-5,11-13H2,1H3. The molecule has 1 aromatic carbocycles. The number of ether oxygens (including phenoxy) is 1. The van der Waals surface area contributed by atoms with Gasteiger partial charge in [0.05, 0.1) is 17.1 Å². The third kappa shape index (κ3) is 5.26. The van der Waals surface area contributed by atoms with Crippen LogP contribution >= 0.6 is 0 Å². The highest BCUT2D eigenvalue weighted by Gasteiger charge is 2.25. The molecule has 0 radical (unpaired) electrons. The van der Waals surface area contributed by atoms with E-state index >= 15 is 0 Å². The monoisotopic (exact) mass is 365 g/mol. The number of carbonyl (C=O) groups excluding carboxylic acids is 1. The zero-order chi connectivity index (χ0) is 18.3. The van der Waals surface area contributed by atoms with Gasteiger partial charge in [-0.2, -0.15) is 5.26 Å². The van der Waals surface area contributed by atoms with Crippen molar-refractivity contribution in [3.05, 3.63) is 29.8 Å². The lowest BCUT2D eigenvalue weighted by molar-refractivity contribution is 0.00724. The average molecular weight is 365 g/mol. The Kier molecular flexibility index (Phi) is 6.93. The molecule has 2 rings (SSSR count). The molecule has 1 saturated heterocycles. The summed E-state index contributed by atoms with van der Waals surface area (Å²) in [5.74, 6) is -0.120. The molecule has 1 heterocycles. The molecule has 0 spiro atoms. The topological polar surface area (TPSA) is 99.5 Å². The first kappa shape index (κ1) is 19.4. The van der Waals surface area contributed by atoms with E-state index in [4.69, 9.17) is 10.00 Å². The number of carbonyl (C=O) groups is 1. The minimum atomic E-state index is -3.66. The summed E-state index contributed by atoms with van der Waals surface area (Å²) in [6.45, 7) is 3.86. The predicted molar refractivity (Wildman–Crippen MR) is 92.4 cm³/mol. The Morgan fingerprint density at radius 3 is 2.76 bits per heavy atom. The van der Waals surface area contributed by atoms with Crippen molar-refractivity contribution in [1.82, 2.24) is 9.62 Å². The van der Waals surface area contributed by atoms with Crippen molar-refractivity contribution in [3.8, 4) is 6.07 Å². The van der Waals surface area contributed by atoms with Crippen molar-refractivity contribution in [3.63, 3.8) is 0 Å². The molecular weight excluding hydrogens is 342 g/mol. The van der Waals surface area contributed by atoms with Crippen molar-refractivity contribution in [2.24, 2.45) is 0 Å². The number of nitriles is 1. The van der Waals surface area contributed by atoms with Gasteiger partial charge in [0.1, 0.15) is 0 Å². The van der Waals surface area contributed by atoms with E-state index < -0.39 is 10.0 Å². The van der Waals surface area contributed by atoms with E-state index in [1.54, 1.807) is 4.90 Å². The van der Waals surface area contributed by atoms with E-state index in [0.29, 0.717) is 25.3 Å². The number of amides is 1. The summed E-state index contributed by atoms with van der Waals surface area (Å²) >= 11 is 0. The highest BCUT2D eigenvalue weighted by Crippen LogP contribution is 2.17. The van der Waals surface area contributed by atoms with Gasteiger partial charge in [-0.3, -0.25) is 4.79 Å². The molecular formula is C17H23N3O4S. The van der Waals surface area contributed by atoms with E-state index in [1.165, 1.54) is 24.3 Å². The van der Waals surface area contributed by atoms with E-state index in [0.717, 1.165) is 12.8 Å². The van der Waals surface area contributed by atoms with Gasteiger partial charge in [-0.1, -0.05) is 0 Å². The third-order valence-electron chi connectivity index (χ3n) is 4.01. The summed E-state index contributed by atoms with van der Waals surface area (Å²) in [5.41, 5.74) is 0.452. The molecule has 1 aromatic rings. The van der Waals surface area contributed by atoms with Crippen molar-refractivity contribution < 1.29 is 17.9 Å². The number of hydrogen-bond acceptors (Lipinski definition) is 5. The summed E-state index contributed by atoms with van der Waals surface area (Å²) in [6, 6.07) is 7.73. The maximum absolute atomic E-state index is 12.6. The summed E-state index contributed by atoms with van der Waals surface area (Å²) in [7, 11) is -3.66. The van der Waals surface area contributed by atoms with Gasteiger partial charge in [-0.25, -0.2) is 13.1 Å². The fourth-order valence-electron chi connectivity index (χ4n) is 2.78. The van der Waals surface area contributed by atoms with Crippen LogP contribution in [0.5, 0.6) is 0 Å². The number of benzene rings is 1. The number of hydrogen-bond donors (Lipinski definition) is 1. The van der Waals surface area contributed by atoms with Gasteiger partial charge in [0.2, 0.25) is 10.0 Å². The summed E-state index contributed by atoms with van der Waals surface area (Å²) in [6.07, 6.45) is 2.01. The fourth-order valence-corrected chi connectivity index (χ4v) is 3.81. The van der Waals surface area contributed by atoms with Gasteiger partial charge >= 0.3 is 0 Å². The lowest BCUT2D eigenvalue weighted by Crippen LogP contribution is -2.43. The first-order valence-corrected chi connectivity index (χ1v) is 9.83. The molecule has 1 N–H and O–H groups in total. The molecule has 1 aliphatic rings. The largest absolute Gasteiger partial charge is 0.377 e. The van der Waals surface area contributed by atoms with Crippen LogP contribution in [0, 0.1) is 11.3 Å². The Hall–Kier alpha value is -1.95. The average Bonchev–Trinajstić information content (AvgIpc) is 2.62. The predicted octanol–water partition coefficient (Wildman–Crippen LogP) is 1.52. The molecule has 25 heavy (non-hydrogen) atoms. The molecule has 0 bridgehead atoms. The molecule has 1 aliphatic heterocycles. The van der Waals surface area contributed by atoms with Gasteiger partial charge in [-0.05, 0) is 44.0 Å². The van der Waals surface area contributed by atoms with Gasteiger partial charge in [0.15, 0.2) is 0 Å². The first-order chi connectivity index (χ1) is 12.0. The van der Waals surface area contributed by atoms with Gasteiger partial charge in [0, 0.05) is 38.2 Å². The van der Waals surface area contributed by atoms with Crippen LogP contribution in [-0.2, 0) is 14.8 Å². The highest BCUT2D eigenvalue weighted by molar-refractivity contribution is 7.89. The SMILES string of the molecule is CCOC1CCCN(C(=O)c2ccc(S(=O)(=O)NCCC#N)cc2)C1. The summed E-state index contributed by atoms with van der Waals surface area (Å²) in [5, 5.41) is 8.47. The molecule has 7 nitrogen and oxygen atoms in total. The quantitative estimate of drug-likeness (QED) is 0.739. The van der Waals surface area contributed by atoms with Gasteiger partial charge in [-0.15, -0.1) is 0 Å². The number of piperidine rings is 1.